The van der Waals surface area contributed by atoms with Crippen molar-refractivity contribution in [3.05, 3.63) is 59.7 Å². The van der Waals surface area contributed by atoms with Crippen LogP contribution in [0.25, 0.3) is 0 Å². The number of hydrogen-bond acceptors (Lipinski definition) is 4. The van der Waals surface area contributed by atoms with E-state index in [0.29, 0.717) is 24.6 Å². The van der Waals surface area contributed by atoms with E-state index in [0.717, 1.165) is 11.3 Å². The molecule has 0 amide bonds. The van der Waals surface area contributed by atoms with Crippen LogP contribution in [0.4, 0.5) is 8.78 Å². The van der Waals surface area contributed by atoms with Gasteiger partial charge < -0.3 is 25.2 Å². The van der Waals surface area contributed by atoms with Crippen molar-refractivity contribution in [3.63, 3.8) is 0 Å². The quantitative estimate of drug-likeness (QED) is 0.267. The summed E-state index contributed by atoms with van der Waals surface area (Å²) < 4.78 is 34.0. The molecule has 2 aromatic rings. The van der Waals surface area contributed by atoms with Gasteiger partial charge in [0.25, 0.3) is 0 Å². The zero-order valence-electron chi connectivity index (χ0n) is 16.3. The molecule has 0 aromatic heterocycles. The zero-order chi connectivity index (χ0) is 20.4. The Morgan fingerprint density at radius 3 is 2.41 bits per heavy atom. The van der Waals surface area contributed by atoms with Gasteiger partial charge in [-0.2, -0.15) is 8.78 Å². The highest BCUT2D eigenvalue weighted by Crippen LogP contribution is 2.19. The van der Waals surface area contributed by atoms with Gasteiger partial charge in [0, 0.05) is 18.7 Å². The molecule has 0 saturated carbocycles. The molecule has 0 saturated heterocycles. The van der Waals surface area contributed by atoms with Crippen LogP contribution in [0.1, 0.15) is 24.2 Å². The van der Waals surface area contributed by atoms with Gasteiger partial charge in [0.1, 0.15) is 11.5 Å². The van der Waals surface area contributed by atoms with Crippen LogP contribution in [-0.4, -0.2) is 37.9 Å². The van der Waals surface area contributed by atoms with E-state index < -0.39 is 12.7 Å². The fourth-order valence-electron chi connectivity index (χ4n) is 2.52. The number of nitrogens with one attached hydrogen (secondary N) is 2. The molecular formula is C20H26F2IN3O3. The van der Waals surface area contributed by atoms with Crippen molar-refractivity contribution in [2.24, 2.45) is 4.99 Å². The number of ether oxygens (including phenoxy) is 2. The van der Waals surface area contributed by atoms with Gasteiger partial charge in [0.2, 0.25) is 0 Å². The first-order valence-electron chi connectivity index (χ1n) is 8.90. The number of alkyl halides is 2. The highest BCUT2D eigenvalue weighted by atomic mass is 127. The number of rotatable bonds is 9. The zero-order valence-corrected chi connectivity index (χ0v) is 18.6. The maximum atomic E-state index is 12.2. The van der Waals surface area contributed by atoms with Crippen molar-refractivity contribution >= 4 is 29.9 Å². The number of benzene rings is 2. The molecular weight excluding hydrogens is 495 g/mol. The average Bonchev–Trinajstić information content (AvgIpc) is 2.70. The summed E-state index contributed by atoms with van der Waals surface area (Å²) in [5.41, 5.74) is 1.52. The van der Waals surface area contributed by atoms with Crippen LogP contribution >= 0.6 is 24.0 Å². The lowest BCUT2D eigenvalue weighted by Crippen LogP contribution is -2.39. The van der Waals surface area contributed by atoms with Gasteiger partial charge in [-0.15, -0.1) is 24.0 Å². The Morgan fingerprint density at radius 2 is 1.79 bits per heavy atom. The molecule has 0 bridgehead atoms. The maximum absolute atomic E-state index is 12.2. The molecule has 2 aromatic carbocycles. The second-order valence-electron chi connectivity index (χ2n) is 5.85. The smallest absolute Gasteiger partial charge is 0.387 e. The third-order valence-electron chi connectivity index (χ3n) is 3.90. The van der Waals surface area contributed by atoms with E-state index in [1.165, 1.54) is 12.1 Å². The molecule has 29 heavy (non-hydrogen) atoms. The Labute approximate surface area is 186 Å². The van der Waals surface area contributed by atoms with Crippen LogP contribution < -0.4 is 20.1 Å². The fourth-order valence-corrected chi connectivity index (χ4v) is 2.52. The number of methoxy groups -OCH3 is 1. The van der Waals surface area contributed by atoms with E-state index >= 15 is 0 Å². The minimum absolute atomic E-state index is 0. The number of aliphatic hydroxyl groups excluding tert-OH is 1. The summed E-state index contributed by atoms with van der Waals surface area (Å²) in [7, 11) is 1.61. The highest BCUT2D eigenvalue weighted by Gasteiger charge is 2.10. The Morgan fingerprint density at radius 1 is 1.10 bits per heavy atom. The topological polar surface area (TPSA) is 75.1 Å². The number of guanidine groups is 1. The molecule has 9 heteroatoms. The van der Waals surface area contributed by atoms with E-state index in [1.807, 2.05) is 31.2 Å². The van der Waals surface area contributed by atoms with Crippen LogP contribution in [-0.2, 0) is 6.54 Å². The summed E-state index contributed by atoms with van der Waals surface area (Å²) in [6.45, 7) is 0.341. The number of nitrogens with zero attached hydrogens (tertiary/aromatic N) is 1. The predicted octanol–water partition coefficient (Wildman–Crippen LogP) is 3.70. The normalized spacial score (nSPS) is 12.1. The van der Waals surface area contributed by atoms with Crippen molar-refractivity contribution in [2.75, 3.05) is 20.2 Å². The molecule has 0 aliphatic carbocycles. The van der Waals surface area contributed by atoms with Crippen LogP contribution in [0.15, 0.2) is 53.5 Å². The summed E-state index contributed by atoms with van der Waals surface area (Å²) in [5, 5.41) is 16.5. The minimum Gasteiger partial charge on any atom is -0.496 e. The first-order valence-corrected chi connectivity index (χ1v) is 8.90. The minimum atomic E-state index is -2.88. The van der Waals surface area contributed by atoms with Gasteiger partial charge in [-0.05, 0) is 30.7 Å². The Kier molecular flexibility index (Phi) is 11.3. The molecule has 0 radical (unpaired) electrons. The van der Waals surface area contributed by atoms with Gasteiger partial charge in [-0.25, -0.2) is 4.99 Å². The number of hydrogen-bond donors (Lipinski definition) is 3. The standard InChI is InChI=1S/C20H25F2N3O3.HI/c1-3-23-20(24-12-15-6-4-5-7-18(15)27-2)25-13-17(26)14-8-10-16(11-9-14)28-19(21)22;/h4-11,17,19,26H,3,12-13H2,1-2H3,(H2,23,24,25);1H. The molecule has 6 nitrogen and oxygen atoms in total. The molecule has 1 unspecified atom stereocenters. The fraction of sp³-hybridized carbons (Fsp3) is 0.350. The van der Waals surface area contributed by atoms with Gasteiger partial charge in [0.05, 0.1) is 19.8 Å². The van der Waals surface area contributed by atoms with Crippen LogP contribution in [0.5, 0.6) is 11.5 Å². The van der Waals surface area contributed by atoms with E-state index in [4.69, 9.17) is 4.74 Å². The second-order valence-corrected chi connectivity index (χ2v) is 5.85. The Balaban J connectivity index is 0.00000420. The van der Waals surface area contributed by atoms with Crippen molar-refractivity contribution in [3.8, 4) is 11.5 Å². The SMILES string of the molecule is CCNC(=NCc1ccccc1OC)NCC(O)c1ccc(OC(F)F)cc1.I. The molecule has 0 spiro atoms. The maximum Gasteiger partial charge on any atom is 0.387 e. The van der Waals surface area contributed by atoms with E-state index in [9.17, 15) is 13.9 Å². The lowest BCUT2D eigenvalue weighted by molar-refractivity contribution is -0.0498. The molecule has 0 aliphatic heterocycles. The largest absolute Gasteiger partial charge is 0.496 e. The molecule has 0 aliphatic rings. The summed E-state index contributed by atoms with van der Waals surface area (Å²) in [4.78, 5) is 4.50. The van der Waals surface area contributed by atoms with E-state index in [-0.39, 0.29) is 36.3 Å². The average molecular weight is 521 g/mol. The predicted molar refractivity (Wildman–Crippen MR) is 119 cm³/mol. The Bertz CT molecular complexity index is 761. The molecule has 1 atom stereocenters. The monoisotopic (exact) mass is 521 g/mol. The summed E-state index contributed by atoms with van der Waals surface area (Å²) in [6, 6.07) is 13.5. The first-order chi connectivity index (χ1) is 13.5. The molecule has 0 fully saturated rings. The van der Waals surface area contributed by atoms with Crippen molar-refractivity contribution in [1.29, 1.82) is 0 Å². The third-order valence-corrected chi connectivity index (χ3v) is 3.90. The van der Waals surface area contributed by atoms with E-state index in [1.54, 1.807) is 19.2 Å². The number of aliphatic hydroxyl groups is 1. The first kappa shape index (κ1) is 24.9. The van der Waals surface area contributed by atoms with Crippen LogP contribution in [0, 0.1) is 0 Å². The summed E-state index contributed by atoms with van der Waals surface area (Å²) in [5.74, 6) is 1.35. The second kappa shape index (κ2) is 13.2. The molecule has 160 valence electrons. The number of aliphatic imine (C=N–C) groups is 1. The van der Waals surface area contributed by atoms with Gasteiger partial charge in [0.15, 0.2) is 5.96 Å². The highest BCUT2D eigenvalue weighted by molar-refractivity contribution is 14.0. The van der Waals surface area contributed by atoms with Gasteiger partial charge in [-0.1, -0.05) is 30.3 Å². The Hall–Kier alpha value is -2.14. The van der Waals surface area contributed by atoms with Crippen molar-refractivity contribution in [2.45, 2.75) is 26.2 Å². The van der Waals surface area contributed by atoms with Crippen molar-refractivity contribution < 1.29 is 23.4 Å². The molecule has 2 rings (SSSR count). The molecule has 3 N–H and O–H groups in total. The summed E-state index contributed by atoms with van der Waals surface area (Å²) >= 11 is 0. The summed E-state index contributed by atoms with van der Waals surface area (Å²) in [6.07, 6.45) is -0.837. The number of halogens is 3. The lowest BCUT2D eigenvalue weighted by atomic mass is 10.1. The third kappa shape index (κ3) is 8.40. The van der Waals surface area contributed by atoms with Crippen molar-refractivity contribution in [1.82, 2.24) is 10.6 Å². The van der Waals surface area contributed by atoms with Gasteiger partial charge in [-0.3, -0.25) is 0 Å². The number of para-hydroxylation sites is 1. The lowest BCUT2D eigenvalue weighted by Gasteiger charge is -2.16. The van der Waals surface area contributed by atoms with E-state index in [2.05, 4.69) is 20.4 Å². The van der Waals surface area contributed by atoms with Gasteiger partial charge >= 0.3 is 6.61 Å². The van der Waals surface area contributed by atoms with Crippen LogP contribution in [0.2, 0.25) is 0 Å². The van der Waals surface area contributed by atoms with Crippen LogP contribution in [0.3, 0.4) is 0 Å². The molecule has 0 heterocycles.